The van der Waals surface area contributed by atoms with Gasteiger partial charge in [-0.2, -0.15) is 0 Å². The maximum absolute atomic E-state index is 8.63. The number of aromatic nitrogens is 1. The second kappa shape index (κ2) is 5.88. The molecule has 98 valence electrons. The fourth-order valence-electron chi connectivity index (χ4n) is 1.72. The zero-order chi connectivity index (χ0) is 13.0. The molecule has 6 nitrogen and oxygen atoms in total. The quantitative estimate of drug-likeness (QED) is 0.374. The number of rotatable bonds is 4. The number of nitrogens with zero attached hydrogens (tertiary/aromatic N) is 2. The van der Waals surface area contributed by atoms with Gasteiger partial charge in [-0.1, -0.05) is 16.8 Å². The third-order valence-electron chi connectivity index (χ3n) is 2.67. The van der Waals surface area contributed by atoms with Gasteiger partial charge in [-0.25, -0.2) is 4.98 Å². The van der Waals surface area contributed by atoms with Crippen LogP contribution in [0, 0.1) is 0 Å². The smallest absolute Gasteiger partial charge is 0.233 e. The molecule has 0 aromatic carbocycles. The van der Waals surface area contributed by atoms with Crippen LogP contribution in [-0.2, 0) is 4.74 Å². The van der Waals surface area contributed by atoms with Crippen molar-refractivity contribution < 1.29 is 14.7 Å². The van der Waals surface area contributed by atoms with Crippen molar-refractivity contribution in [3.05, 3.63) is 22.8 Å². The van der Waals surface area contributed by atoms with Crippen LogP contribution in [0.1, 0.15) is 18.4 Å². The molecule has 1 saturated heterocycles. The highest BCUT2D eigenvalue weighted by Crippen LogP contribution is 2.26. The van der Waals surface area contributed by atoms with Gasteiger partial charge in [0.2, 0.25) is 5.88 Å². The lowest BCUT2D eigenvalue weighted by molar-refractivity contribution is 0.0664. The highest BCUT2D eigenvalue weighted by Gasteiger charge is 2.18. The zero-order valence-corrected chi connectivity index (χ0v) is 10.4. The fourth-order valence-corrected chi connectivity index (χ4v) is 1.99. The molecule has 1 atom stereocenters. The van der Waals surface area contributed by atoms with Gasteiger partial charge >= 0.3 is 0 Å². The van der Waals surface area contributed by atoms with Crippen LogP contribution in [0.3, 0.4) is 0 Å². The number of halogens is 1. The van der Waals surface area contributed by atoms with Crippen LogP contribution in [0.5, 0.6) is 5.88 Å². The van der Waals surface area contributed by atoms with Crippen LogP contribution in [0.2, 0.25) is 5.02 Å². The van der Waals surface area contributed by atoms with Crippen LogP contribution in [0.25, 0.3) is 0 Å². The van der Waals surface area contributed by atoms with E-state index < -0.39 is 0 Å². The topological polar surface area (TPSA) is 90.0 Å². The first kappa shape index (κ1) is 12.9. The van der Waals surface area contributed by atoms with E-state index in [-0.39, 0.29) is 22.8 Å². The van der Waals surface area contributed by atoms with Gasteiger partial charge in [0.15, 0.2) is 5.84 Å². The van der Waals surface area contributed by atoms with E-state index in [4.69, 9.17) is 32.0 Å². The van der Waals surface area contributed by atoms with Crippen molar-refractivity contribution in [3.63, 3.8) is 0 Å². The summed E-state index contributed by atoms with van der Waals surface area (Å²) in [5.41, 5.74) is 5.88. The molecule has 1 aromatic heterocycles. The van der Waals surface area contributed by atoms with Gasteiger partial charge in [-0.15, -0.1) is 0 Å². The van der Waals surface area contributed by atoms with Crippen LogP contribution in [0.15, 0.2) is 17.4 Å². The Kier molecular flexibility index (Phi) is 4.22. The summed E-state index contributed by atoms with van der Waals surface area (Å²) in [6, 6.07) is 1.55. The average molecular weight is 272 g/mol. The second-order valence-corrected chi connectivity index (χ2v) is 4.29. The molecule has 0 amide bonds. The molecule has 0 bridgehead atoms. The van der Waals surface area contributed by atoms with Crippen molar-refractivity contribution in [1.29, 1.82) is 0 Å². The molecule has 1 aliphatic heterocycles. The molecule has 1 fully saturated rings. The minimum Gasteiger partial charge on any atom is -0.474 e. The summed E-state index contributed by atoms with van der Waals surface area (Å²) in [5.74, 6) is 0.181. The second-order valence-electron chi connectivity index (χ2n) is 3.91. The first-order valence-corrected chi connectivity index (χ1v) is 5.97. The number of pyridine rings is 1. The molecule has 2 rings (SSSR count). The van der Waals surface area contributed by atoms with Crippen molar-refractivity contribution in [2.45, 2.75) is 18.9 Å². The highest BCUT2D eigenvalue weighted by molar-refractivity contribution is 6.35. The number of amidine groups is 1. The molecule has 3 N–H and O–H groups in total. The summed E-state index contributed by atoms with van der Waals surface area (Å²) >= 11 is 6.07. The summed E-state index contributed by atoms with van der Waals surface area (Å²) in [6.45, 7) is 1.16. The SMILES string of the molecule is N/C(=N/O)c1ccnc(OCC2CCCO2)c1Cl. The lowest BCUT2D eigenvalue weighted by Crippen LogP contribution is -2.18. The molecule has 18 heavy (non-hydrogen) atoms. The summed E-state index contributed by atoms with van der Waals surface area (Å²) in [6.07, 6.45) is 3.58. The number of hydrogen-bond acceptors (Lipinski definition) is 5. The summed E-state index contributed by atoms with van der Waals surface area (Å²) in [7, 11) is 0. The largest absolute Gasteiger partial charge is 0.474 e. The van der Waals surface area contributed by atoms with Gasteiger partial charge in [0.1, 0.15) is 11.6 Å². The molecule has 0 aliphatic carbocycles. The van der Waals surface area contributed by atoms with E-state index in [2.05, 4.69) is 10.1 Å². The van der Waals surface area contributed by atoms with Crippen molar-refractivity contribution in [2.75, 3.05) is 13.2 Å². The Morgan fingerprint density at radius 2 is 2.56 bits per heavy atom. The normalized spacial score (nSPS) is 20.1. The van der Waals surface area contributed by atoms with Crippen LogP contribution in [0.4, 0.5) is 0 Å². The van der Waals surface area contributed by atoms with Crippen molar-refractivity contribution in [2.24, 2.45) is 10.9 Å². The maximum Gasteiger partial charge on any atom is 0.233 e. The first-order chi connectivity index (χ1) is 8.72. The molecule has 1 aliphatic rings. The minimum atomic E-state index is -0.0793. The van der Waals surface area contributed by atoms with E-state index in [1.54, 1.807) is 6.07 Å². The van der Waals surface area contributed by atoms with Crippen molar-refractivity contribution in [3.8, 4) is 5.88 Å². The molecule has 1 unspecified atom stereocenters. The standard InChI is InChI=1S/C11H14ClN3O3/c12-9-8(10(13)15-16)3-4-14-11(9)18-6-7-2-1-5-17-7/h3-4,7,16H,1-2,5-6H2,(H2,13,15). The van der Waals surface area contributed by atoms with Gasteiger partial charge in [0.25, 0.3) is 0 Å². The molecular formula is C11H14ClN3O3. The van der Waals surface area contributed by atoms with Crippen LogP contribution < -0.4 is 10.5 Å². The number of nitrogens with two attached hydrogens (primary N) is 1. The highest BCUT2D eigenvalue weighted by atomic mass is 35.5. The van der Waals surface area contributed by atoms with E-state index >= 15 is 0 Å². The molecule has 0 saturated carbocycles. The molecule has 2 heterocycles. The number of ether oxygens (including phenoxy) is 2. The van der Waals surface area contributed by atoms with Gasteiger partial charge in [0, 0.05) is 18.4 Å². The van der Waals surface area contributed by atoms with E-state index in [1.165, 1.54) is 6.20 Å². The molecular weight excluding hydrogens is 258 g/mol. The Bertz CT molecular complexity index is 447. The number of oxime groups is 1. The summed E-state index contributed by atoms with van der Waals surface area (Å²) in [4.78, 5) is 4.01. The average Bonchev–Trinajstić information content (AvgIpc) is 2.90. The lowest BCUT2D eigenvalue weighted by atomic mass is 10.2. The Morgan fingerprint density at radius 1 is 1.72 bits per heavy atom. The summed E-state index contributed by atoms with van der Waals surface area (Å²) in [5, 5.41) is 11.8. The fraction of sp³-hybridized carbons (Fsp3) is 0.455. The third kappa shape index (κ3) is 2.83. The predicted octanol–water partition coefficient (Wildman–Crippen LogP) is 1.39. The van der Waals surface area contributed by atoms with Crippen LogP contribution >= 0.6 is 11.6 Å². The third-order valence-corrected chi connectivity index (χ3v) is 3.04. The van der Waals surface area contributed by atoms with E-state index in [1.807, 2.05) is 0 Å². The van der Waals surface area contributed by atoms with Gasteiger partial charge in [0.05, 0.1) is 6.10 Å². The zero-order valence-electron chi connectivity index (χ0n) is 9.67. The Balaban J connectivity index is 2.08. The Labute approximate surface area is 109 Å². The Hall–Kier alpha value is -1.53. The molecule has 0 spiro atoms. The van der Waals surface area contributed by atoms with E-state index in [0.29, 0.717) is 12.2 Å². The van der Waals surface area contributed by atoms with Gasteiger partial charge in [-0.3, -0.25) is 0 Å². The minimum absolute atomic E-state index is 0.0791. The van der Waals surface area contributed by atoms with Gasteiger partial charge in [-0.05, 0) is 18.9 Å². The summed E-state index contributed by atoms with van der Waals surface area (Å²) < 4.78 is 10.9. The lowest BCUT2D eigenvalue weighted by Gasteiger charge is -2.12. The first-order valence-electron chi connectivity index (χ1n) is 5.59. The number of hydrogen-bond donors (Lipinski definition) is 2. The monoisotopic (exact) mass is 271 g/mol. The molecule has 7 heteroatoms. The van der Waals surface area contributed by atoms with E-state index in [0.717, 1.165) is 19.4 Å². The van der Waals surface area contributed by atoms with Crippen molar-refractivity contribution >= 4 is 17.4 Å². The molecule has 1 aromatic rings. The van der Waals surface area contributed by atoms with Crippen LogP contribution in [-0.4, -0.2) is 35.3 Å². The van der Waals surface area contributed by atoms with Gasteiger partial charge < -0.3 is 20.4 Å². The van der Waals surface area contributed by atoms with E-state index in [9.17, 15) is 0 Å². The Morgan fingerprint density at radius 3 is 3.22 bits per heavy atom. The van der Waals surface area contributed by atoms with Crippen molar-refractivity contribution in [1.82, 2.24) is 4.98 Å². The maximum atomic E-state index is 8.63. The predicted molar refractivity (Wildman–Crippen MR) is 66.2 cm³/mol. The molecule has 0 radical (unpaired) electrons.